The van der Waals surface area contributed by atoms with Crippen LogP contribution in [-0.2, 0) is 0 Å². The third-order valence-corrected chi connectivity index (χ3v) is 4.93. The van der Waals surface area contributed by atoms with Gasteiger partial charge in [0, 0.05) is 4.88 Å². The number of carbonyl (C=O) groups is 1. The fourth-order valence-electron chi connectivity index (χ4n) is 2.69. The molecule has 6 heteroatoms. The van der Waals surface area contributed by atoms with Crippen molar-refractivity contribution in [1.82, 2.24) is 14.8 Å². The van der Waals surface area contributed by atoms with Crippen LogP contribution in [0.15, 0.2) is 72.6 Å². The lowest BCUT2D eigenvalue weighted by molar-refractivity contribution is 0.100. The van der Waals surface area contributed by atoms with Crippen molar-refractivity contribution >= 4 is 17.2 Å². The van der Waals surface area contributed by atoms with Crippen molar-refractivity contribution in [3.05, 3.63) is 78.2 Å². The summed E-state index contributed by atoms with van der Waals surface area (Å²) in [6.45, 7) is 0. The van der Waals surface area contributed by atoms with E-state index in [1.807, 2.05) is 53.9 Å². The predicted octanol–water partition coefficient (Wildman–Crippen LogP) is 3.76. The van der Waals surface area contributed by atoms with Crippen LogP contribution in [0, 0.1) is 0 Å². The summed E-state index contributed by atoms with van der Waals surface area (Å²) >= 11 is 1.52. The predicted molar refractivity (Wildman–Crippen MR) is 98.6 cm³/mol. The van der Waals surface area contributed by atoms with Crippen LogP contribution in [0.3, 0.4) is 0 Å². The van der Waals surface area contributed by atoms with E-state index in [0.717, 1.165) is 27.3 Å². The summed E-state index contributed by atoms with van der Waals surface area (Å²) in [5.74, 6) is -0.399. The molecule has 0 aliphatic heterocycles. The van der Waals surface area contributed by atoms with E-state index >= 15 is 0 Å². The third-order valence-electron chi connectivity index (χ3n) is 3.96. The molecule has 4 aromatic rings. The second kappa shape index (κ2) is 6.33. The molecular weight excluding hydrogens is 332 g/mol. The van der Waals surface area contributed by atoms with Crippen LogP contribution in [0.4, 0.5) is 0 Å². The Hall–Kier alpha value is -3.25. The normalized spacial score (nSPS) is 10.7. The summed E-state index contributed by atoms with van der Waals surface area (Å²) in [4.78, 5) is 16.3. The number of aromatic nitrogens is 3. The summed E-state index contributed by atoms with van der Waals surface area (Å²) in [6.07, 6.45) is 3.18. The maximum atomic E-state index is 11.5. The highest BCUT2D eigenvalue weighted by molar-refractivity contribution is 7.14. The molecule has 0 saturated carbocycles. The van der Waals surface area contributed by atoms with E-state index in [9.17, 15) is 4.79 Å². The molecule has 0 radical (unpaired) electrons. The average Bonchev–Trinajstić information content (AvgIpc) is 3.34. The number of benzene rings is 2. The van der Waals surface area contributed by atoms with Gasteiger partial charge in [0.15, 0.2) is 0 Å². The molecule has 5 nitrogen and oxygen atoms in total. The molecular formula is C19H14N4OS. The highest BCUT2D eigenvalue weighted by atomic mass is 32.1. The molecule has 4 rings (SSSR count). The van der Waals surface area contributed by atoms with Gasteiger partial charge in [-0.05, 0) is 40.3 Å². The number of carbonyl (C=O) groups excluding carboxylic acids is 1. The number of hydrogen-bond donors (Lipinski definition) is 1. The number of rotatable bonds is 4. The number of nitrogens with zero attached hydrogens (tertiary/aromatic N) is 3. The fraction of sp³-hybridized carbons (Fsp3) is 0. The lowest BCUT2D eigenvalue weighted by Crippen LogP contribution is -2.10. The summed E-state index contributed by atoms with van der Waals surface area (Å²) in [5, 5.41) is 6.00. The summed E-state index contributed by atoms with van der Waals surface area (Å²) in [5.41, 5.74) is 10.2. The van der Waals surface area contributed by atoms with Gasteiger partial charge in [-0.3, -0.25) is 4.79 Å². The van der Waals surface area contributed by atoms with Gasteiger partial charge in [-0.2, -0.15) is 5.10 Å². The Balaban J connectivity index is 1.62. The maximum absolute atomic E-state index is 11.5. The van der Waals surface area contributed by atoms with E-state index in [2.05, 4.69) is 10.1 Å². The molecule has 2 N–H and O–H groups in total. The second-order valence-electron chi connectivity index (χ2n) is 5.49. The summed E-state index contributed by atoms with van der Waals surface area (Å²) in [7, 11) is 0. The molecule has 0 bridgehead atoms. The van der Waals surface area contributed by atoms with Crippen molar-refractivity contribution in [1.29, 1.82) is 0 Å². The molecule has 0 aliphatic rings. The first-order valence-corrected chi connectivity index (χ1v) is 8.53. The molecule has 0 atom stereocenters. The Bertz CT molecular complexity index is 1000. The highest BCUT2D eigenvalue weighted by Crippen LogP contribution is 2.31. The number of amides is 1. The number of thiophene rings is 1. The van der Waals surface area contributed by atoms with Crippen molar-refractivity contribution in [2.75, 3.05) is 0 Å². The molecule has 2 aromatic heterocycles. The zero-order valence-electron chi connectivity index (χ0n) is 13.2. The lowest BCUT2D eigenvalue weighted by Gasteiger charge is -2.06. The molecule has 0 aliphatic carbocycles. The van der Waals surface area contributed by atoms with Gasteiger partial charge in [-0.1, -0.05) is 36.4 Å². The number of nitrogens with two attached hydrogens (primary N) is 1. The van der Waals surface area contributed by atoms with Crippen LogP contribution in [0.1, 0.15) is 10.4 Å². The topological polar surface area (TPSA) is 73.8 Å². The first-order chi connectivity index (χ1) is 12.2. The van der Waals surface area contributed by atoms with Gasteiger partial charge in [0.2, 0.25) is 5.91 Å². The van der Waals surface area contributed by atoms with Crippen LogP contribution >= 0.6 is 11.3 Å². The van der Waals surface area contributed by atoms with Gasteiger partial charge in [0.1, 0.15) is 12.7 Å². The van der Waals surface area contributed by atoms with Crippen LogP contribution in [0.25, 0.3) is 27.3 Å². The van der Waals surface area contributed by atoms with E-state index in [4.69, 9.17) is 5.73 Å². The first kappa shape index (κ1) is 15.3. The van der Waals surface area contributed by atoms with Gasteiger partial charge < -0.3 is 5.73 Å². The van der Waals surface area contributed by atoms with Gasteiger partial charge in [-0.15, -0.1) is 11.3 Å². The molecule has 2 aromatic carbocycles. The second-order valence-corrected chi connectivity index (χ2v) is 6.41. The minimum Gasteiger partial charge on any atom is -0.366 e. The van der Waals surface area contributed by atoms with Gasteiger partial charge in [0.05, 0.1) is 11.3 Å². The number of primary amides is 1. The van der Waals surface area contributed by atoms with Crippen LogP contribution in [-0.4, -0.2) is 20.7 Å². The smallest absolute Gasteiger partial charge is 0.250 e. The highest BCUT2D eigenvalue weighted by Gasteiger charge is 2.11. The maximum Gasteiger partial charge on any atom is 0.250 e. The van der Waals surface area contributed by atoms with E-state index in [-0.39, 0.29) is 0 Å². The molecule has 0 fully saturated rings. The van der Waals surface area contributed by atoms with Crippen molar-refractivity contribution in [2.45, 2.75) is 0 Å². The minimum absolute atomic E-state index is 0.399. The van der Waals surface area contributed by atoms with Crippen molar-refractivity contribution < 1.29 is 4.79 Å². The molecule has 2 heterocycles. The van der Waals surface area contributed by atoms with Crippen LogP contribution < -0.4 is 5.73 Å². The Morgan fingerprint density at radius 2 is 1.56 bits per heavy atom. The lowest BCUT2D eigenvalue weighted by atomic mass is 10.0. The monoisotopic (exact) mass is 346 g/mol. The van der Waals surface area contributed by atoms with E-state index in [0.29, 0.717) is 5.56 Å². The van der Waals surface area contributed by atoms with Crippen molar-refractivity contribution in [3.63, 3.8) is 0 Å². The molecule has 0 saturated heterocycles. The van der Waals surface area contributed by atoms with Gasteiger partial charge in [0.25, 0.3) is 0 Å². The fourth-order valence-corrected chi connectivity index (χ4v) is 3.60. The van der Waals surface area contributed by atoms with Crippen molar-refractivity contribution in [3.8, 4) is 27.3 Å². The number of hydrogen-bond acceptors (Lipinski definition) is 4. The van der Waals surface area contributed by atoms with Gasteiger partial charge in [-0.25, -0.2) is 9.67 Å². The summed E-state index contributed by atoms with van der Waals surface area (Å²) < 4.78 is 1.72. The van der Waals surface area contributed by atoms with E-state index in [1.54, 1.807) is 17.1 Å². The molecule has 0 spiro atoms. The zero-order chi connectivity index (χ0) is 17.2. The quantitative estimate of drug-likeness (QED) is 0.611. The first-order valence-electron chi connectivity index (χ1n) is 7.65. The van der Waals surface area contributed by atoms with E-state index < -0.39 is 5.91 Å². The Labute approximate surface area is 148 Å². The van der Waals surface area contributed by atoms with Crippen molar-refractivity contribution in [2.24, 2.45) is 5.73 Å². The van der Waals surface area contributed by atoms with E-state index in [1.165, 1.54) is 17.7 Å². The summed E-state index contributed by atoms with van der Waals surface area (Å²) in [6, 6.07) is 18.0. The molecule has 122 valence electrons. The third kappa shape index (κ3) is 2.95. The SMILES string of the molecule is NC(=O)c1ccsc1-c1ccc(-c2ccc(-n3cncn3)cc2)cc1. The Morgan fingerprint density at radius 1 is 0.920 bits per heavy atom. The largest absolute Gasteiger partial charge is 0.366 e. The Kier molecular flexibility index (Phi) is 3.87. The molecule has 0 unspecified atom stereocenters. The molecule has 25 heavy (non-hydrogen) atoms. The zero-order valence-corrected chi connectivity index (χ0v) is 14.0. The van der Waals surface area contributed by atoms with Crippen LogP contribution in [0.5, 0.6) is 0 Å². The Morgan fingerprint density at radius 3 is 2.16 bits per heavy atom. The minimum atomic E-state index is -0.399. The molecule has 1 amide bonds. The van der Waals surface area contributed by atoms with Gasteiger partial charge >= 0.3 is 0 Å². The van der Waals surface area contributed by atoms with Crippen LogP contribution in [0.2, 0.25) is 0 Å². The standard InChI is InChI=1S/C19H14N4OS/c20-19(24)17-9-10-25-18(17)15-3-1-13(2-4-15)14-5-7-16(8-6-14)23-12-21-11-22-23/h1-12H,(H2,20,24). The average molecular weight is 346 g/mol.